The van der Waals surface area contributed by atoms with Gasteiger partial charge in [-0.15, -0.1) is 0 Å². The zero-order valence-corrected chi connectivity index (χ0v) is 16.1. The molecule has 0 aliphatic carbocycles. The number of nitrogens with zero attached hydrogens (tertiary/aromatic N) is 5. The van der Waals surface area contributed by atoms with Crippen LogP contribution in [-0.4, -0.2) is 67.9 Å². The number of carbonyl (C=O) groups is 1. The maximum absolute atomic E-state index is 11.6. The van der Waals surface area contributed by atoms with Crippen molar-refractivity contribution in [3.63, 3.8) is 0 Å². The van der Waals surface area contributed by atoms with E-state index in [1.165, 1.54) is 12.1 Å². The molecule has 2 unspecified atom stereocenters. The van der Waals surface area contributed by atoms with Gasteiger partial charge in [-0.1, -0.05) is 17.3 Å². The van der Waals surface area contributed by atoms with Gasteiger partial charge in [-0.05, 0) is 31.4 Å². The van der Waals surface area contributed by atoms with E-state index in [1.807, 2.05) is 4.90 Å². The Morgan fingerprint density at radius 2 is 2.10 bits per heavy atom. The summed E-state index contributed by atoms with van der Waals surface area (Å²) in [6, 6.07) is 6.32. The maximum atomic E-state index is 11.6. The van der Waals surface area contributed by atoms with E-state index in [-0.39, 0.29) is 28.9 Å². The summed E-state index contributed by atoms with van der Waals surface area (Å²) in [7, 11) is 0. The third-order valence-electron chi connectivity index (χ3n) is 5.75. The third-order valence-corrected chi connectivity index (χ3v) is 5.75. The molecular weight excluding hydrogens is 378 g/mol. The fourth-order valence-corrected chi connectivity index (χ4v) is 4.25. The quantitative estimate of drug-likeness (QED) is 0.732. The van der Waals surface area contributed by atoms with Gasteiger partial charge in [0.2, 0.25) is 17.6 Å². The molecular formula is C19H24N5O5-. The van der Waals surface area contributed by atoms with E-state index in [1.54, 1.807) is 19.1 Å². The molecule has 1 aromatic heterocycles. The highest BCUT2D eigenvalue weighted by molar-refractivity contribution is 5.73. The standard InChI is InChI=1S/C19H24N5O5/c1-12(25)22-7-5-14(6-8-22)23-11-16(26)10-17(23)19-20-18(21-29-19)13-3-2-4-15(9-13)24(27)28/h2-4,9,14,16-17,26-27H,5-8,10-11H2,1H3/q-1. The SMILES string of the molecule is CC(=O)N1CCC(N2CC(O)CC2c2nc(-c3cccc(N([O-])O)c3)no2)CC1. The summed E-state index contributed by atoms with van der Waals surface area (Å²) in [5.41, 5.74) is 0.622. The summed E-state index contributed by atoms with van der Waals surface area (Å²) in [6.45, 7) is 3.51. The van der Waals surface area contributed by atoms with Gasteiger partial charge in [0, 0.05) is 38.2 Å². The zero-order valence-electron chi connectivity index (χ0n) is 16.1. The first-order chi connectivity index (χ1) is 13.9. The minimum Gasteiger partial charge on any atom is -0.733 e. The highest BCUT2D eigenvalue weighted by Crippen LogP contribution is 2.36. The highest BCUT2D eigenvalue weighted by atomic mass is 16.8. The molecule has 2 N–H and O–H groups in total. The first kappa shape index (κ1) is 19.8. The fourth-order valence-electron chi connectivity index (χ4n) is 4.25. The van der Waals surface area contributed by atoms with Crippen molar-refractivity contribution in [1.82, 2.24) is 19.9 Å². The zero-order chi connectivity index (χ0) is 20.5. The largest absolute Gasteiger partial charge is 0.733 e. The first-order valence-corrected chi connectivity index (χ1v) is 9.72. The molecule has 2 aliphatic heterocycles. The smallest absolute Gasteiger partial charge is 0.244 e. The second kappa shape index (κ2) is 8.07. The van der Waals surface area contributed by atoms with Gasteiger partial charge in [0.25, 0.3) is 0 Å². The summed E-state index contributed by atoms with van der Waals surface area (Å²) in [4.78, 5) is 20.1. The molecule has 2 fully saturated rings. The second-order valence-corrected chi connectivity index (χ2v) is 7.62. The predicted octanol–water partition coefficient (Wildman–Crippen LogP) is 1.55. The molecule has 2 saturated heterocycles. The van der Waals surface area contributed by atoms with Gasteiger partial charge >= 0.3 is 0 Å². The van der Waals surface area contributed by atoms with Crippen LogP contribution in [0.15, 0.2) is 28.8 Å². The van der Waals surface area contributed by atoms with Gasteiger partial charge < -0.3 is 25.0 Å². The monoisotopic (exact) mass is 402 g/mol. The highest BCUT2D eigenvalue weighted by Gasteiger charge is 2.40. The number of likely N-dealkylation sites (tertiary alicyclic amines) is 2. The fraction of sp³-hybridized carbons (Fsp3) is 0.526. The number of piperidine rings is 1. The van der Waals surface area contributed by atoms with Gasteiger partial charge in [0.15, 0.2) is 0 Å². The summed E-state index contributed by atoms with van der Waals surface area (Å²) in [5.74, 6) is 0.820. The Kier molecular flexibility index (Phi) is 5.50. The lowest BCUT2D eigenvalue weighted by molar-refractivity contribution is -0.130. The average molecular weight is 402 g/mol. The number of hydrogen-bond donors (Lipinski definition) is 2. The lowest BCUT2D eigenvalue weighted by Gasteiger charge is -2.38. The van der Waals surface area contributed by atoms with Gasteiger partial charge in [0.05, 0.1) is 17.8 Å². The summed E-state index contributed by atoms with van der Waals surface area (Å²) >= 11 is 0. The maximum Gasteiger partial charge on any atom is 0.244 e. The molecule has 10 nitrogen and oxygen atoms in total. The van der Waals surface area contributed by atoms with E-state index in [4.69, 9.17) is 9.73 Å². The Labute approximate surface area is 167 Å². The number of hydrogen-bond acceptors (Lipinski definition) is 9. The molecule has 0 saturated carbocycles. The number of carbonyl (C=O) groups excluding carboxylic acids is 1. The van der Waals surface area contributed by atoms with Crippen molar-refractivity contribution in [2.75, 3.05) is 24.9 Å². The van der Waals surface area contributed by atoms with E-state index < -0.39 is 6.10 Å². The summed E-state index contributed by atoms with van der Waals surface area (Å²) in [5, 5.41) is 34.3. The van der Waals surface area contributed by atoms with E-state index in [0.717, 1.165) is 12.8 Å². The molecule has 1 aromatic carbocycles. The van der Waals surface area contributed by atoms with E-state index >= 15 is 0 Å². The van der Waals surface area contributed by atoms with Crippen molar-refractivity contribution in [2.24, 2.45) is 0 Å². The normalized spacial score (nSPS) is 23.5. The van der Waals surface area contributed by atoms with Crippen molar-refractivity contribution in [3.8, 4) is 11.4 Å². The van der Waals surface area contributed by atoms with Crippen molar-refractivity contribution in [3.05, 3.63) is 35.4 Å². The summed E-state index contributed by atoms with van der Waals surface area (Å²) in [6.07, 6.45) is 1.69. The molecule has 156 valence electrons. The Balaban J connectivity index is 1.52. The van der Waals surface area contributed by atoms with Crippen LogP contribution in [0.4, 0.5) is 5.69 Å². The van der Waals surface area contributed by atoms with Crippen LogP contribution in [-0.2, 0) is 4.79 Å². The average Bonchev–Trinajstić information content (AvgIpc) is 3.35. The Morgan fingerprint density at radius 3 is 2.79 bits per heavy atom. The molecule has 2 aromatic rings. The van der Waals surface area contributed by atoms with Gasteiger partial charge in [0.1, 0.15) is 0 Å². The van der Waals surface area contributed by atoms with Gasteiger partial charge in [-0.25, -0.2) is 0 Å². The molecule has 0 spiro atoms. The topological polar surface area (TPSA) is 129 Å². The van der Waals surface area contributed by atoms with E-state index in [2.05, 4.69) is 15.0 Å². The number of amides is 1. The first-order valence-electron chi connectivity index (χ1n) is 9.72. The van der Waals surface area contributed by atoms with Crippen molar-refractivity contribution in [1.29, 1.82) is 0 Å². The minimum atomic E-state index is -0.479. The Hall–Kier alpha value is -2.53. The molecule has 10 heteroatoms. The molecule has 3 heterocycles. The van der Waals surface area contributed by atoms with Crippen LogP contribution in [0.2, 0.25) is 0 Å². The van der Waals surface area contributed by atoms with E-state index in [9.17, 15) is 15.1 Å². The molecule has 0 bridgehead atoms. The van der Waals surface area contributed by atoms with Crippen molar-refractivity contribution >= 4 is 11.6 Å². The number of rotatable bonds is 4. The Bertz CT molecular complexity index is 864. The molecule has 2 aliphatic rings. The Morgan fingerprint density at radius 1 is 1.34 bits per heavy atom. The number of anilines is 1. The molecule has 0 radical (unpaired) electrons. The van der Waals surface area contributed by atoms with Gasteiger partial charge in [-0.3, -0.25) is 14.9 Å². The van der Waals surface area contributed by atoms with Crippen molar-refractivity contribution in [2.45, 2.75) is 44.4 Å². The van der Waals surface area contributed by atoms with Crippen LogP contribution in [0.5, 0.6) is 0 Å². The number of aliphatic hydroxyl groups is 1. The molecule has 1 amide bonds. The summed E-state index contributed by atoms with van der Waals surface area (Å²) < 4.78 is 5.50. The van der Waals surface area contributed by atoms with Crippen LogP contribution in [0.3, 0.4) is 0 Å². The minimum absolute atomic E-state index is 0.0731. The number of aliphatic hydroxyl groups excluding tert-OH is 1. The number of aromatic nitrogens is 2. The van der Waals surface area contributed by atoms with Gasteiger partial charge in [-0.2, -0.15) is 4.98 Å². The number of benzene rings is 1. The predicted molar refractivity (Wildman–Crippen MR) is 103 cm³/mol. The molecule has 2 atom stereocenters. The molecule has 4 rings (SSSR count). The second-order valence-electron chi connectivity index (χ2n) is 7.62. The van der Waals surface area contributed by atoms with Crippen LogP contribution in [0.1, 0.15) is 38.1 Å². The van der Waals surface area contributed by atoms with Crippen LogP contribution in [0.25, 0.3) is 11.4 Å². The van der Waals surface area contributed by atoms with Crippen LogP contribution >= 0.6 is 0 Å². The lowest BCUT2D eigenvalue weighted by atomic mass is 10.0. The lowest BCUT2D eigenvalue weighted by Crippen LogP contribution is -2.46. The third kappa shape index (κ3) is 4.10. The van der Waals surface area contributed by atoms with Crippen LogP contribution < -0.4 is 5.23 Å². The number of β-amino-alcohol motifs (C(OH)–C–C–N with tert-alkyl or cyclic N) is 1. The molecule has 29 heavy (non-hydrogen) atoms. The van der Waals surface area contributed by atoms with Crippen molar-refractivity contribution < 1.29 is 19.6 Å². The van der Waals surface area contributed by atoms with Crippen LogP contribution in [0, 0.1) is 5.21 Å². The van der Waals surface area contributed by atoms with E-state index in [0.29, 0.717) is 43.3 Å².